The van der Waals surface area contributed by atoms with Crippen LogP contribution in [0.4, 0.5) is 14.5 Å². The Labute approximate surface area is 190 Å². The topological polar surface area (TPSA) is 107 Å². The Balaban J connectivity index is 1.55. The van der Waals surface area contributed by atoms with Gasteiger partial charge in [0.15, 0.2) is 0 Å². The van der Waals surface area contributed by atoms with Crippen LogP contribution >= 0.6 is 11.3 Å². The van der Waals surface area contributed by atoms with Gasteiger partial charge in [-0.15, -0.1) is 11.3 Å². The summed E-state index contributed by atoms with van der Waals surface area (Å²) in [5.41, 5.74) is 6.58. The SMILES string of the molecule is Cc1ccc(-c2csc3ncn(CCC(=O)Nc4cc(C(N)=O)c(F)cc4F)c(=O)c23)cc1. The maximum absolute atomic E-state index is 14.0. The third-order valence-corrected chi connectivity index (χ3v) is 5.99. The van der Waals surface area contributed by atoms with Crippen LogP contribution < -0.4 is 16.6 Å². The molecule has 0 spiro atoms. The minimum Gasteiger partial charge on any atom is -0.366 e. The van der Waals surface area contributed by atoms with Crippen molar-refractivity contribution in [3.05, 3.63) is 81.2 Å². The summed E-state index contributed by atoms with van der Waals surface area (Å²) in [5, 5.41) is 4.61. The molecule has 0 aliphatic heterocycles. The number of fused-ring (bicyclic) bond motifs is 1. The second kappa shape index (κ2) is 8.91. The Morgan fingerprint density at radius 1 is 1.15 bits per heavy atom. The summed E-state index contributed by atoms with van der Waals surface area (Å²) in [7, 11) is 0. The molecule has 168 valence electrons. The molecule has 0 atom stereocenters. The van der Waals surface area contributed by atoms with Crippen LogP contribution in [0.3, 0.4) is 0 Å². The van der Waals surface area contributed by atoms with E-state index in [-0.39, 0.29) is 24.2 Å². The van der Waals surface area contributed by atoms with Crippen LogP contribution in [-0.4, -0.2) is 21.4 Å². The molecule has 0 radical (unpaired) electrons. The number of halogens is 2. The van der Waals surface area contributed by atoms with Crippen molar-refractivity contribution in [2.45, 2.75) is 19.9 Å². The van der Waals surface area contributed by atoms with Crippen LogP contribution in [0, 0.1) is 18.6 Å². The predicted octanol–water partition coefficient (Wildman–Crippen LogP) is 3.84. The van der Waals surface area contributed by atoms with Crippen LogP contribution in [0.1, 0.15) is 22.3 Å². The minimum absolute atomic E-state index is 0.0116. The fraction of sp³-hybridized carbons (Fsp3) is 0.130. The summed E-state index contributed by atoms with van der Waals surface area (Å²) in [6.45, 7) is 1.96. The molecule has 0 saturated carbocycles. The van der Waals surface area contributed by atoms with Gasteiger partial charge in [0.1, 0.15) is 16.5 Å². The number of nitrogens with one attached hydrogen (secondary N) is 1. The summed E-state index contributed by atoms with van der Waals surface area (Å²) in [5.74, 6) is -3.89. The second-order valence-electron chi connectivity index (χ2n) is 7.41. The van der Waals surface area contributed by atoms with Gasteiger partial charge >= 0.3 is 0 Å². The highest BCUT2D eigenvalue weighted by Crippen LogP contribution is 2.30. The van der Waals surface area contributed by atoms with Crippen LogP contribution in [-0.2, 0) is 11.3 Å². The molecule has 7 nitrogen and oxygen atoms in total. The van der Waals surface area contributed by atoms with Crippen LogP contribution in [0.25, 0.3) is 21.3 Å². The monoisotopic (exact) mass is 468 g/mol. The zero-order valence-corrected chi connectivity index (χ0v) is 18.2. The lowest BCUT2D eigenvalue weighted by atomic mass is 10.1. The van der Waals surface area contributed by atoms with E-state index in [1.807, 2.05) is 36.6 Å². The number of hydrogen-bond donors (Lipinski definition) is 2. The third kappa shape index (κ3) is 4.51. The molecule has 0 saturated heterocycles. The molecule has 2 aromatic carbocycles. The van der Waals surface area contributed by atoms with Crippen LogP contribution in [0.5, 0.6) is 0 Å². The summed E-state index contributed by atoms with van der Waals surface area (Å²) >= 11 is 1.35. The standard InChI is InChI=1S/C23H18F2N4O3S/c1-12-2-4-13(5-3-12)15-10-33-22-20(15)23(32)29(11-27-22)7-6-19(30)28-18-8-14(21(26)31)16(24)9-17(18)25/h2-5,8-11H,6-7H2,1H3,(H2,26,31)(H,28,30). The lowest BCUT2D eigenvalue weighted by Crippen LogP contribution is -2.24. The van der Waals surface area contributed by atoms with Crippen molar-refractivity contribution in [2.24, 2.45) is 5.73 Å². The van der Waals surface area contributed by atoms with Gasteiger partial charge in [-0.25, -0.2) is 13.8 Å². The van der Waals surface area contributed by atoms with Crippen molar-refractivity contribution < 1.29 is 18.4 Å². The van der Waals surface area contributed by atoms with Crippen LogP contribution in [0.15, 0.2) is 52.9 Å². The van der Waals surface area contributed by atoms with Gasteiger partial charge in [0.05, 0.1) is 23.0 Å². The number of rotatable bonds is 6. The number of carbonyl (C=O) groups is 2. The smallest absolute Gasteiger partial charge is 0.262 e. The first-order valence-corrected chi connectivity index (χ1v) is 10.7. The number of aryl methyl sites for hydroxylation is 2. The first-order chi connectivity index (χ1) is 15.7. The van der Waals surface area contributed by atoms with Gasteiger partial charge in [-0.1, -0.05) is 29.8 Å². The summed E-state index contributed by atoms with van der Waals surface area (Å²) < 4.78 is 28.9. The zero-order chi connectivity index (χ0) is 23.7. The van der Waals surface area contributed by atoms with E-state index in [1.165, 1.54) is 22.2 Å². The molecule has 4 rings (SSSR count). The van der Waals surface area contributed by atoms with Crippen LogP contribution in [0.2, 0.25) is 0 Å². The quantitative estimate of drug-likeness (QED) is 0.448. The fourth-order valence-corrected chi connectivity index (χ4v) is 4.25. The van der Waals surface area contributed by atoms with Crippen molar-refractivity contribution in [3.8, 4) is 11.1 Å². The molecular formula is C23H18F2N4O3S. The first-order valence-electron chi connectivity index (χ1n) is 9.87. The average Bonchev–Trinajstić information content (AvgIpc) is 3.20. The van der Waals surface area contributed by atoms with Gasteiger partial charge in [0.25, 0.3) is 11.5 Å². The Hall–Kier alpha value is -3.92. The Bertz CT molecular complexity index is 1440. The normalized spacial score (nSPS) is 11.0. The number of nitrogens with two attached hydrogens (primary N) is 1. The van der Waals surface area contributed by atoms with Gasteiger partial charge < -0.3 is 11.1 Å². The molecule has 0 aliphatic rings. The molecule has 10 heteroatoms. The van der Waals surface area contributed by atoms with E-state index in [1.54, 1.807) is 0 Å². The summed E-state index contributed by atoms with van der Waals surface area (Å²) in [4.78, 5) is 41.6. The van der Waals surface area contributed by atoms with E-state index >= 15 is 0 Å². The Kier molecular flexibility index (Phi) is 6.01. The molecule has 2 aromatic heterocycles. The number of benzene rings is 2. The van der Waals surface area contributed by atoms with Crippen molar-refractivity contribution >= 4 is 39.1 Å². The summed E-state index contributed by atoms with van der Waals surface area (Å²) in [6.07, 6.45) is 1.18. The highest BCUT2D eigenvalue weighted by atomic mass is 32.1. The van der Waals surface area contributed by atoms with Gasteiger partial charge in [-0.2, -0.15) is 0 Å². The molecule has 4 aromatic rings. The molecule has 33 heavy (non-hydrogen) atoms. The molecule has 3 N–H and O–H groups in total. The van der Waals surface area contributed by atoms with Crippen molar-refractivity contribution in [3.63, 3.8) is 0 Å². The molecule has 0 fully saturated rings. The number of anilines is 1. The van der Waals surface area contributed by atoms with Crippen molar-refractivity contribution in [2.75, 3.05) is 5.32 Å². The van der Waals surface area contributed by atoms with E-state index < -0.39 is 29.0 Å². The largest absolute Gasteiger partial charge is 0.366 e. The predicted molar refractivity (Wildman–Crippen MR) is 122 cm³/mol. The van der Waals surface area contributed by atoms with E-state index in [2.05, 4.69) is 10.3 Å². The van der Waals surface area contributed by atoms with Gasteiger partial charge in [0.2, 0.25) is 5.91 Å². The second-order valence-corrected chi connectivity index (χ2v) is 8.27. The third-order valence-electron chi connectivity index (χ3n) is 5.10. The van der Waals surface area contributed by atoms with E-state index in [0.29, 0.717) is 16.3 Å². The Morgan fingerprint density at radius 3 is 2.58 bits per heavy atom. The number of hydrogen-bond acceptors (Lipinski definition) is 5. The number of carbonyl (C=O) groups excluding carboxylic acids is 2. The Morgan fingerprint density at radius 2 is 1.88 bits per heavy atom. The fourth-order valence-electron chi connectivity index (χ4n) is 3.34. The molecule has 0 bridgehead atoms. The molecule has 2 heterocycles. The van der Waals surface area contributed by atoms with Crippen molar-refractivity contribution in [1.29, 1.82) is 0 Å². The number of aromatic nitrogens is 2. The first kappa shape index (κ1) is 22.3. The lowest BCUT2D eigenvalue weighted by molar-refractivity contribution is -0.116. The number of primary amides is 1. The maximum Gasteiger partial charge on any atom is 0.262 e. The highest BCUT2D eigenvalue weighted by molar-refractivity contribution is 7.17. The molecule has 0 aliphatic carbocycles. The molecule has 2 amide bonds. The highest BCUT2D eigenvalue weighted by Gasteiger charge is 2.17. The van der Waals surface area contributed by atoms with Gasteiger partial charge in [0, 0.05) is 30.0 Å². The maximum atomic E-state index is 14.0. The summed E-state index contributed by atoms with van der Waals surface area (Å²) in [6, 6.07) is 9.08. The van der Waals surface area contributed by atoms with E-state index in [0.717, 1.165) is 22.8 Å². The number of nitrogens with zero attached hydrogens (tertiary/aromatic N) is 2. The molecule has 0 unspecified atom stereocenters. The number of amides is 2. The number of thiophene rings is 1. The van der Waals surface area contributed by atoms with E-state index in [9.17, 15) is 23.2 Å². The van der Waals surface area contributed by atoms with Gasteiger partial charge in [-0.05, 0) is 18.6 Å². The average molecular weight is 468 g/mol. The zero-order valence-electron chi connectivity index (χ0n) is 17.4. The van der Waals surface area contributed by atoms with E-state index in [4.69, 9.17) is 5.73 Å². The molecular weight excluding hydrogens is 450 g/mol. The lowest BCUT2D eigenvalue weighted by Gasteiger charge is -2.10. The van der Waals surface area contributed by atoms with Crippen molar-refractivity contribution in [1.82, 2.24) is 9.55 Å². The minimum atomic E-state index is -1.12. The van der Waals surface area contributed by atoms with Gasteiger partial charge in [-0.3, -0.25) is 19.0 Å².